The minimum absolute atomic E-state index is 0.168. The van der Waals surface area contributed by atoms with Crippen LogP contribution >= 0.6 is 0 Å². The highest BCUT2D eigenvalue weighted by Crippen LogP contribution is 2.56. The molecule has 0 bridgehead atoms. The monoisotopic (exact) mass is 265 g/mol. The molecule has 0 aromatic heterocycles. The highest BCUT2D eigenvalue weighted by Gasteiger charge is 2.63. The number of piperidine rings is 2. The highest BCUT2D eigenvalue weighted by molar-refractivity contribution is 5.87. The van der Waals surface area contributed by atoms with Crippen molar-refractivity contribution in [3.8, 4) is 0 Å². The van der Waals surface area contributed by atoms with E-state index in [4.69, 9.17) is 9.57 Å². The molecule has 0 aromatic carbocycles. The quantitative estimate of drug-likeness (QED) is 0.820. The number of oxime groups is 1. The van der Waals surface area contributed by atoms with Gasteiger partial charge in [0.2, 0.25) is 5.90 Å². The van der Waals surface area contributed by atoms with Crippen LogP contribution in [0.15, 0.2) is 5.16 Å². The van der Waals surface area contributed by atoms with Gasteiger partial charge in [-0.2, -0.15) is 0 Å². The van der Waals surface area contributed by atoms with Gasteiger partial charge in [-0.15, -0.1) is 0 Å². The summed E-state index contributed by atoms with van der Waals surface area (Å²) in [6, 6.07) is 0. The predicted octanol–water partition coefficient (Wildman–Crippen LogP) is 0.811. The van der Waals surface area contributed by atoms with Gasteiger partial charge in [-0.3, -0.25) is 4.90 Å². The van der Waals surface area contributed by atoms with Gasteiger partial charge in [0.05, 0.1) is 5.41 Å². The van der Waals surface area contributed by atoms with Gasteiger partial charge >= 0.3 is 0 Å². The summed E-state index contributed by atoms with van der Waals surface area (Å²) in [5.41, 5.74) is 0.181. The third-order valence-corrected chi connectivity index (χ3v) is 5.09. The van der Waals surface area contributed by atoms with E-state index >= 15 is 0 Å². The number of likely N-dealkylation sites (tertiary alicyclic amines) is 1. The lowest BCUT2D eigenvalue weighted by Crippen LogP contribution is -2.43. The molecular formula is C14H23N3O2. The van der Waals surface area contributed by atoms with Gasteiger partial charge in [0.25, 0.3) is 0 Å². The Hall–Kier alpha value is -0.810. The number of rotatable bonds is 3. The molecular weight excluding hydrogens is 242 g/mol. The fraction of sp³-hybridized carbons (Fsp3) is 0.929. The Morgan fingerprint density at radius 3 is 2.95 bits per heavy atom. The van der Waals surface area contributed by atoms with E-state index < -0.39 is 0 Å². The highest BCUT2D eigenvalue weighted by atomic mass is 16.7. The zero-order valence-electron chi connectivity index (χ0n) is 11.4. The Kier molecular flexibility index (Phi) is 2.92. The first kappa shape index (κ1) is 12.0. The molecule has 0 aromatic rings. The van der Waals surface area contributed by atoms with Crippen LogP contribution in [-0.4, -0.2) is 56.2 Å². The van der Waals surface area contributed by atoms with Crippen molar-refractivity contribution < 1.29 is 9.57 Å². The Morgan fingerprint density at radius 2 is 2.21 bits per heavy atom. The van der Waals surface area contributed by atoms with E-state index in [-0.39, 0.29) is 11.5 Å². The molecule has 5 nitrogen and oxygen atoms in total. The largest absolute Gasteiger partial charge is 0.470 e. The van der Waals surface area contributed by atoms with Crippen LogP contribution in [-0.2, 0) is 9.57 Å². The molecule has 106 valence electrons. The molecule has 4 aliphatic rings. The molecule has 2 saturated heterocycles. The van der Waals surface area contributed by atoms with Gasteiger partial charge in [-0.05, 0) is 44.8 Å². The lowest BCUT2D eigenvalue weighted by atomic mass is 10.1. The van der Waals surface area contributed by atoms with Crippen LogP contribution in [0.4, 0.5) is 0 Å². The molecule has 0 amide bonds. The smallest absolute Gasteiger partial charge is 0.234 e. The molecule has 1 saturated carbocycles. The van der Waals surface area contributed by atoms with Crippen molar-refractivity contribution >= 4 is 5.90 Å². The molecule has 5 heteroatoms. The van der Waals surface area contributed by atoms with Gasteiger partial charge in [0.1, 0.15) is 6.10 Å². The topological polar surface area (TPSA) is 46.1 Å². The molecule has 3 aliphatic heterocycles. The first-order valence-corrected chi connectivity index (χ1v) is 7.67. The van der Waals surface area contributed by atoms with Crippen LogP contribution in [0.1, 0.15) is 25.7 Å². The average molecular weight is 265 g/mol. The van der Waals surface area contributed by atoms with Crippen LogP contribution in [0, 0.1) is 11.3 Å². The SMILES string of the molecule is C1CCN(CC2CON=C([C@@]34CNC[C@@H]3C4)O2)CC1. The third-order valence-electron chi connectivity index (χ3n) is 5.09. The van der Waals surface area contributed by atoms with Crippen molar-refractivity contribution in [1.82, 2.24) is 10.2 Å². The minimum Gasteiger partial charge on any atom is -0.470 e. The number of ether oxygens (including phenoxy) is 1. The van der Waals surface area contributed by atoms with Gasteiger partial charge in [-0.25, -0.2) is 0 Å². The molecule has 4 rings (SSSR count). The molecule has 0 spiro atoms. The van der Waals surface area contributed by atoms with E-state index in [9.17, 15) is 0 Å². The fourth-order valence-electron chi connectivity index (χ4n) is 3.79. The number of nitrogens with zero attached hydrogens (tertiary/aromatic N) is 2. The Balaban J connectivity index is 1.36. The van der Waals surface area contributed by atoms with Crippen molar-refractivity contribution in [3.05, 3.63) is 0 Å². The molecule has 19 heavy (non-hydrogen) atoms. The predicted molar refractivity (Wildman–Crippen MR) is 72.0 cm³/mol. The second-order valence-electron chi connectivity index (χ2n) is 6.48. The molecule has 3 heterocycles. The van der Waals surface area contributed by atoms with Crippen LogP contribution in [0.5, 0.6) is 0 Å². The lowest BCUT2D eigenvalue weighted by Gasteiger charge is -2.32. The Morgan fingerprint density at radius 1 is 1.32 bits per heavy atom. The van der Waals surface area contributed by atoms with E-state index in [1.807, 2.05) is 0 Å². The van der Waals surface area contributed by atoms with E-state index in [2.05, 4.69) is 15.4 Å². The second kappa shape index (κ2) is 4.63. The number of hydrogen-bond donors (Lipinski definition) is 1. The standard InChI is InChI=1S/C14H23N3O2/c1-2-4-17(5-3-1)8-12-9-18-16-13(19-12)14-6-11(14)7-15-10-14/h11-12,15H,1-10H2/t11-,12?,14-/m0/s1. The van der Waals surface area contributed by atoms with Crippen LogP contribution in [0.3, 0.4) is 0 Å². The summed E-state index contributed by atoms with van der Waals surface area (Å²) in [7, 11) is 0. The summed E-state index contributed by atoms with van der Waals surface area (Å²) in [5, 5.41) is 7.63. The molecule has 3 fully saturated rings. The second-order valence-corrected chi connectivity index (χ2v) is 6.48. The summed E-state index contributed by atoms with van der Waals surface area (Å²) in [6.45, 7) is 6.14. The minimum atomic E-state index is 0.168. The van der Waals surface area contributed by atoms with Crippen molar-refractivity contribution in [2.24, 2.45) is 16.5 Å². The van der Waals surface area contributed by atoms with Crippen LogP contribution in [0.25, 0.3) is 0 Å². The zero-order valence-corrected chi connectivity index (χ0v) is 11.4. The Bertz CT molecular complexity index is 381. The van der Waals surface area contributed by atoms with Crippen molar-refractivity contribution in [2.75, 3.05) is 39.3 Å². The fourth-order valence-corrected chi connectivity index (χ4v) is 3.79. The van der Waals surface area contributed by atoms with E-state index in [0.29, 0.717) is 6.61 Å². The third kappa shape index (κ3) is 2.13. The molecule has 1 N–H and O–H groups in total. The number of hydrogen-bond acceptors (Lipinski definition) is 5. The van der Waals surface area contributed by atoms with E-state index in [1.165, 1.54) is 38.8 Å². The first-order valence-electron chi connectivity index (χ1n) is 7.67. The molecule has 1 unspecified atom stereocenters. The molecule has 3 atom stereocenters. The lowest BCUT2D eigenvalue weighted by molar-refractivity contribution is -0.0163. The summed E-state index contributed by atoms with van der Waals surface area (Å²) < 4.78 is 6.16. The summed E-state index contributed by atoms with van der Waals surface area (Å²) in [4.78, 5) is 7.96. The first-order chi connectivity index (χ1) is 9.37. The molecule has 1 aliphatic carbocycles. The number of nitrogens with one attached hydrogen (secondary N) is 1. The van der Waals surface area contributed by atoms with Crippen LogP contribution in [0.2, 0.25) is 0 Å². The summed E-state index contributed by atoms with van der Waals surface area (Å²) in [5.74, 6) is 1.60. The van der Waals surface area contributed by atoms with E-state index in [1.54, 1.807) is 0 Å². The van der Waals surface area contributed by atoms with Crippen molar-refractivity contribution in [3.63, 3.8) is 0 Å². The summed E-state index contributed by atoms with van der Waals surface area (Å²) in [6.07, 6.45) is 5.41. The molecule has 0 radical (unpaired) electrons. The van der Waals surface area contributed by atoms with Gasteiger partial charge in [0, 0.05) is 13.1 Å². The van der Waals surface area contributed by atoms with Gasteiger partial charge in [-0.1, -0.05) is 11.6 Å². The maximum Gasteiger partial charge on any atom is 0.234 e. The maximum atomic E-state index is 6.16. The zero-order chi connectivity index (χ0) is 12.7. The van der Waals surface area contributed by atoms with Gasteiger partial charge in [0.15, 0.2) is 6.61 Å². The van der Waals surface area contributed by atoms with Crippen molar-refractivity contribution in [2.45, 2.75) is 31.8 Å². The van der Waals surface area contributed by atoms with Crippen molar-refractivity contribution in [1.29, 1.82) is 0 Å². The van der Waals surface area contributed by atoms with Crippen LogP contribution < -0.4 is 5.32 Å². The normalized spacial score (nSPS) is 42.0. The number of fused-ring (bicyclic) bond motifs is 1. The Labute approximate surface area is 114 Å². The van der Waals surface area contributed by atoms with E-state index in [0.717, 1.165) is 31.4 Å². The summed E-state index contributed by atoms with van der Waals surface area (Å²) >= 11 is 0. The maximum absolute atomic E-state index is 6.16. The average Bonchev–Trinajstić information content (AvgIpc) is 3.03. The van der Waals surface area contributed by atoms with Gasteiger partial charge < -0.3 is 14.9 Å².